The molecule has 100 valence electrons. The summed E-state index contributed by atoms with van der Waals surface area (Å²) < 4.78 is 0. The molecule has 0 radical (unpaired) electrons. The van der Waals surface area contributed by atoms with E-state index in [1.54, 1.807) is 33.3 Å². The summed E-state index contributed by atoms with van der Waals surface area (Å²) in [6, 6.07) is -1.33. The number of amides is 2. The third-order valence-corrected chi connectivity index (χ3v) is 2.50. The van der Waals surface area contributed by atoms with Crippen molar-refractivity contribution >= 4 is 12.0 Å². The molecular formula is C11H18N4O3. The van der Waals surface area contributed by atoms with Gasteiger partial charge in [0.25, 0.3) is 0 Å². The van der Waals surface area contributed by atoms with Gasteiger partial charge in [-0.05, 0) is 5.92 Å². The molecule has 7 nitrogen and oxygen atoms in total. The fourth-order valence-electron chi connectivity index (χ4n) is 1.44. The van der Waals surface area contributed by atoms with Gasteiger partial charge in [0.15, 0.2) is 0 Å². The predicted octanol–water partition coefficient (Wildman–Crippen LogP) is 0.660. The van der Waals surface area contributed by atoms with Gasteiger partial charge in [-0.15, -0.1) is 0 Å². The van der Waals surface area contributed by atoms with E-state index in [2.05, 4.69) is 15.3 Å². The SMILES string of the molecule is CC(C)[C@@H](NC(=O)N(C)Cc1ncc[nH]1)C(=O)O. The van der Waals surface area contributed by atoms with Crippen molar-refractivity contribution in [1.82, 2.24) is 20.2 Å². The first kappa shape index (κ1) is 14.0. The van der Waals surface area contributed by atoms with Gasteiger partial charge in [-0.2, -0.15) is 0 Å². The molecular weight excluding hydrogens is 236 g/mol. The van der Waals surface area contributed by atoms with Gasteiger partial charge in [0, 0.05) is 19.4 Å². The van der Waals surface area contributed by atoms with Crippen LogP contribution in [-0.2, 0) is 11.3 Å². The van der Waals surface area contributed by atoms with E-state index < -0.39 is 18.0 Å². The number of aliphatic carboxylic acids is 1. The minimum absolute atomic E-state index is 0.177. The summed E-state index contributed by atoms with van der Waals surface area (Å²) in [4.78, 5) is 31.0. The Bertz CT molecular complexity index is 402. The van der Waals surface area contributed by atoms with Crippen molar-refractivity contribution in [2.45, 2.75) is 26.4 Å². The number of imidazole rings is 1. The lowest BCUT2D eigenvalue weighted by Crippen LogP contribution is -2.48. The number of H-pyrrole nitrogens is 1. The summed E-state index contributed by atoms with van der Waals surface area (Å²) in [5.74, 6) is -0.572. The minimum Gasteiger partial charge on any atom is -0.480 e. The van der Waals surface area contributed by atoms with Crippen LogP contribution in [0.5, 0.6) is 0 Å². The largest absolute Gasteiger partial charge is 0.480 e. The summed E-state index contributed by atoms with van der Waals surface area (Å²) in [5.41, 5.74) is 0. The van der Waals surface area contributed by atoms with Crippen molar-refractivity contribution in [2.24, 2.45) is 5.92 Å². The van der Waals surface area contributed by atoms with Crippen molar-refractivity contribution in [3.8, 4) is 0 Å². The van der Waals surface area contributed by atoms with Crippen molar-refractivity contribution in [1.29, 1.82) is 0 Å². The zero-order valence-electron chi connectivity index (χ0n) is 10.7. The third kappa shape index (κ3) is 3.76. The number of nitrogens with one attached hydrogen (secondary N) is 2. The lowest BCUT2D eigenvalue weighted by Gasteiger charge is -2.22. The number of hydrogen-bond acceptors (Lipinski definition) is 3. The number of carboxylic acid groups (broad SMARTS) is 1. The molecule has 0 unspecified atom stereocenters. The number of nitrogens with zero attached hydrogens (tertiary/aromatic N) is 2. The number of carbonyl (C=O) groups is 2. The second-order valence-electron chi connectivity index (χ2n) is 4.40. The molecule has 0 bridgehead atoms. The lowest BCUT2D eigenvalue weighted by molar-refractivity contribution is -0.140. The van der Waals surface area contributed by atoms with Crippen LogP contribution >= 0.6 is 0 Å². The van der Waals surface area contributed by atoms with E-state index in [-0.39, 0.29) is 5.92 Å². The maximum absolute atomic E-state index is 11.8. The number of urea groups is 1. The van der Waals surface area contributed by atoms with Crippen molar-refractivity contribution < 1.29 is 14.7 Å². The molecule has 0 aliphatic heterocycles. The van der Waals surface area contributed by atoms with Crippen LogP contribution in [0.2, 0.25) is 0 Å². The smallest absolute Gasteiger partial charge is 0.326 e. The Morgan fingerprint density at radius 2 is 2.22 bits per heavy atom. The van der Waals surface area contributed by atoms with E-state index >= 15 is 0 Å². The Morgan fingerprint density at radius 3 is 2.67 bits per heavy atom. The molecule has 0 saturated heterocycles. The van der Waals surface area contributed by atoms with Crippen molar-refractivity contribution in [3.63, 3.8) is 0 Å². The molecule has 2 amide bonds. The molecule has 7 heteroatoms. The van der Waals surface area contributed by atoms with Gasteiger partial charge >= 0.3 is 12.0 Å². The fraction of sp³-hybridized carbons (Fsp3) is 0.545. The molecule has 1 aromatic rings. The Labute approximate surface area is 105 Å². The Morgan fingerprint density at radius 1 is 1.56 bits per heavy atom. The number of aromatic nitrogens is 2. The van der Waals surface area contributed by atoms with Crippen LogP contribution < -0.4 is 5.32 Å². The second-order valence-corrected chi connectivity index (χ2v) is 4.40. The van der Waals surface area contributed by atoms with E-state index in [0.717, 1.165) is 0 Å². The predicted molar refractivity (Wildman–Crippen MR) is 64.8 cm³/mol. The first-order valence-corrected chi connectivity index (χ1v) is 5.64. The van der Waals surface area contributed by atoms with Crippen molar-refractivity contribution in [3.05, 3.63) is 18.2 Å². The standard InChI is InChI=1S/C11H18N4O3/c1-7(2)9(10(16)17)14-11(18)15(3)6-8-12-4-5-13-8/h4-5,7,9H,6H2,1-3H3,(H,12,13)(H,14,18)(H,16,17)/t9-/m1/s1. The molecule has 0 aromatic carbocycles. The molecule has 18 heavy (non-hydrogen) atoms. The summed E-state index contributed by atoms with van der Waals surface area (Å²) in [5, 5.41) is 11.5. The maximum Gasteiger partial charge on any atom is 0.326 e. The lowest BCUT2D eigenvalue weighted by atomic mass is 10.1. The number of hydrogen-bond donors (Lipinski definition) is 3. The summed E-state index contributed by atoms with van der Waals surface area (Å²) in [6.07, 6.45) is 3.25. The zero-order valence-corrected chi connectivity index (χ0v) is 10.7. The van der Waals surface area contributed by atoms with E-state index in [1.807, 2.05) is 0 Å². The van der Waals surface area contributed by atoms with E-state index in [4.69, 9.17) is 5.11 Å². The van der Waals surface area contributed by atoms with Gasteiger partial charge in [0.1, 0.15) is 11.9 Å². The first-order chi connectivity index (χ1) is 8.41. The highest BCUT2D eigenvalue weighted by atomic mass is 16.4. The maximum atomic E-state index is 11.8. The number of carboxylic acids is 1. The molecule has 0 fully saturated rings. The van der Waals surface area contributed by atoms with Crippen LogP contribution in [-0.4, -0.2) is 45.1 Å². The highest BCUT2D eigenvalue weighted by Gasteiger charge is 2.24. The number of carbonyl (C=O) groups excluding carboxylic acids is 1. The molecule has 0 aliphatic carbocycles. The van der Waals surface area contributed by atoms with Gasteiger partial charge in [-0.25, -0.2) is 14.6 Å². The number of rotatable bonds is 5. The average molecular weight is 254 g/mol. The molecule has 1 aromatic heterocycles. The normalized spacial score (nSPS) is 12.2. The molecule has 1 heterocycles. The minimum atomic E-state index is -1.04. The Balaban J connectivity index is 2.56. The summed E-state index contributed by atoms with van der Waals surface area (Å²) in [6.45, 7) is 3.78. The van der Waals surface area contributed by atoms with E-state index in [0.29, 0.717) is 12.4 Å². The molecule has 0 aliphatic rings. The molecule has 3 N–H and O–H groups in total. The number of aromatic amines is 1. The molecule has 0 saturated carbocycles. The molecule has 1 rings (SSSR count). The highest BCUT2D eigenvalue weighted by Crippen LogP contribution is 2.03. The van der Waals surface area contributed by atoms with Gasteiger partial charge in [-0.3, -0.25) is 0 Å². The average Bonchev–Trinajstić information content (AvgIpc) is 2.77. The van der Waals surface area contributed by atoms with E-state index in [9.17, 15) is 9.59 Å². The molecule has 0 spiro atoms. The van der Waals surface area contributed by atoms with E-state index in [1.165, 1.54) is 4.90 Å². The summed E-state index contributed by atoms with van der Waals surface area (Å²) >= 11 is 0. The van der Waals surface area contributed by atoms with Gasteiger partial charge in [-0.1, -0.05) is 13.8 Å². The molecule has 1 atom stereocenters. The van der Waals surface area contributed by atoms with Gasteiger partial charge in [0.2, 0.25) is 0 Å². The zero-order chi connectivity index (χ0) is 13.7. The Hall–Kier alpha value is -2.05. The fourth-order valence-corrected chi connectivity index (χ4v) is 1.44. The third-order valence-electron chi connectivity index (χ3n) is 2.50. The van der Waals surface area contributed by atoms with Crippen LogP contribution in [0.3, 0.4) is 0 Å². The second kappa shape index (κ2) is 6.04. The van der Waals surface area contributed by atoms with Crippen LogP contribution in [0, 0.1) is 5.92 Å². The highest BCUT2D eigenvalue weighted by molar-refractivity contribution is 5.82. The van der Waals surface area contributed by atoms with Gasteiger partial charge in [0.05, 0.1) is 6.54 Å². The van der Waals surface area contributed by atoms with Crippen LogP contribution in [0.1, 0.15) is 19.7 Å². The Kier molecular flexibility index (Phi) is 4.70. The first-order valence-electron chi connectivity index (χ1n) is 5.64. The monoisotopic (exact) mass is 254 g/mol. The quantitative estimate of drug-likeness (QED) is 0.718. The van der Waals surface area contributed by atoms with Crippen LogP contribution in [0.25, 0.3) is 0 Å². The summed E-state index contributed by atoms with van der Waals surface area (Å²) in [7, 11) is 1.58. The van der Waals surface area contributed by atoms with Gasteiger partial charge < -0.3 is 20.3 Å². The topological polar surface area (TPSA) is 98.3 Å². The van der Waals surface area contributed by atoms with Crippen LogP contribution in [0.15, 0.2) is 12.4 Å². The van der Waals surface area contributed by atoms with Crippen LogP contribution in [0.4, 0.5) is 4.79 Å². The van der Waals surface area contributed by atoms with Crippen molar-refractivity contribution in [2.75, 3.05) is 7.05 Å².